The largest absolute Gasteiger partial charge is 0.490 e. The van der Waals surface area contributed by atoms with Crippen molar-refractivity contribution in [1.29, 1.82) is 0 Å². The van der Waals surface area contributed by atoms with Crippen molar-refractivity contribution < 1.29 is 84.0 Å². The second kappa shape index (κ2) is 14.6. The first kappa shape index (κ1) is 37.1. The Hall–Kier alpha value is -3.39. The van der Waals surface area contributed by atoms with Crippen LogP contribution in [0.4, 0.5) is 0 Å². The third kappa shape index (κ3) is 8.50. The number of carbonyl (C=O) groups excluding carboxylic acids is 3. The van der Waals surface area contributed by atoms with E-state index in [0.717, 1.165) is 18.2 Å². The number of nitrogens with zero attached hydrogens (tertiary/aromatic N) is 1. The number of carbonyl (C=O) groups is 3. The maximum Gasteiger partial charge on any atom is 0.490 e. The minimum atomic E-state index is -4.35. The summed E-state index contributed by atoms with van der Waals surface area (Å²) in [5, 5.41) is 57.8. The van der Waals surface area contributed by atoms with E-state index in [0.29, 0.717) is 16.2 Å². The molecule has 0 aliphatic carbocycles. The van der Waals surface area contributed by atoms with Gasteiger partial charge in [-0.05, 0) is 18.2 Å². The number of esters is 3. The molecule has 3 aliphatic heterocycles. The van der Waals surface area contributed by atoms with Gasteiger partial charge in [-0.15, -0.1) is 0 Å². The maximum absolute atomic E-state index is 12.5. The first-order chi connectivity index (χ1) is 21.3. The lowest BCUT2D eigenvalue weighted by Gasteiger charge is -2.22. The molecule has 0 aromatic rings. The number of ether oxygens (including phenoxy) is 3. The van der Waals surface area contributed by atoms with Gasteiger partial charge in [0.15, 0.2) is 14.7 Å². The molecule has 6 N–H and O–H groups in total. The lowest BCUT2D eigenvalue weighted by atomic mass is 9.79. The molecule has 0 amide bonds. The molecule has 19 nitrogen and oxygen atoms in total. The molecule has 0 radical (unpaired) electrons. The first-order valence-electron chi connectivity index (χ1n) is 12.6. The van der Waals surface area contributed by atoms with Crippen molar-refractivity contribution >= 4 is 68.8 Å². The molecular weight excluding hydrogens is 683 g/mol. The number of hydrogen-bond acceptors (Lipinski definition) is 19. The summed E-state index contributed by atoms with van der Waals surface area (Å²) in [4.78, 5) is 35.5. The van der Waals surface area contributed by atoms with Gasteiger partial charge in [0.05, 0.1) is 0 Å². The Morgan fingerprint density at radius 2 is 0.761 bits per heavy atom. The van der Waals surface area contributed by atoms with Crippen LogP contribution in [0.1, 0.15) is 0 Å². The van der Waals surface area contributed by atoms with Crippen molar-refractivity contribution in [3.63, 3.8) is 0 Å². The van der Waals surface area contributed by atoms with Gasteiger partial charge in [0, 0.05) is 52.3 Å². The summed E-state index contributed by atoms with van der Waals surface area (Å²) in [7, 11) is -20.0. The van der Waals surface area contributed by atoms with Crippen LogP contribution in [0.2, 0.25) is 0 Å². The van der Waals surface area contributed by atoms with Gasteiger partial charge in [-0.25, -0.2) is 39.6 Å². The zero-order valence-corrected chi connectivity index (χ0v) is 25.6. The molecule has 0 atom stereocenters. The molecule has 0 fully saturated rings. The Balaban J connectivity index is 1.69. The van der Waals surface area contributed by atoms with Crippen LogP contribution < -0.4 is 0 Å². The normalized spacial score (nSPS) is 18.8. The van der Waals surface area contributed by atoms with Crippen LogP contribution in [0, 0.1) is 0 Å². The molecule has 3 aliphatic rings. The average Bonchev–Trinajstić information content (AvgIpc) is 3.56. The maximum atomic E-state index is 12.5. The molecule has 0 aromatic carbocycles. The zero-order valence-electron chi connectivity index (χ0n) is 23.2. The van der Waals surface area contributed by atoms with Gasteiger partial charge < -0.3 is 44.4 Å². The van der Waals surface area contributed by atoms with Gasteiger partial charge in [-0.3, -0.25) is 4.90 Å². The highest BCUT2D eigenvalue weighted by Gasteiger charge is 2.38. The standard InChI is InChI=1S/C21H24B3NO18S3/c26-19(16-13(22(29)30)1-10-44(16,35)36)41-7-4-25(5-8-42-20(27)17-14(23(31)32)2-11-45(17,37)38)6-9-43-21(28)18-15(24(33)34)3-12-46(18,39)40/h1-3,10-12,29-34H,4-9H2. The molecule has 0 spiro atoms. The lowest BCUT2D eigenvalue weighted by molar-refractivity contribution is -0.139. The number of sulfone groups is 3. The average molecular weight is 707 g/mol. The Bertz CT molecular complexity index is 1600. The monoisotopic (exact) mass is 707 g/mol. The summed E-state index contributed by atoms with van der Waals surface area (Å²) in [5.41, 5.74) is -1.93. The molecule has 46 heavy (non-hydrogen) atoms. The van der Waals surface area contributed by atoms with Crippen molar-refractivity contribution in [2.75, 3.05) is 39.5 Å². The smallest absolute Gasteiger partial charge is 0.460 e. The van der Waals surface area contributed by atoms with E-state index in [-0.39, 0.29) is 19.6 Å². The number of rotatable bonds is 15. The Kier molecular flexibility index (Phi) is 11.8. The quantitative estimate of drug-likeness (QED) is 0.0525. The van der Waals surface area contributed by atoms with Crippen molar-refractivity contribution in [1.82, 2.24) is 4.90 Å². The molecule has 0 unspecified atom stereocenters. The fraction of sp³-hybridized carbons (Fsp3) is 0.286. The minimum Gasteiger partial charge on any atom is -0.460 e. The third-order valence-electron chi connectivity index (χ3n) is 6.23. The van der Waals surface area contributed by atoms with Crippen LogP contribution in [-0.2, 0) is 58.1 Å². The molecule has 0 bridgehead atoms. The van der Waals surface area contributed by atoms with E-state index in [1.807, 2.05) is 0 Å². The number of allylic oxidation sites excluding steroid dienone is 6. The summed E-state index contributed by atoms with van der Waals surface area (Å²) in [6.07, 6.45) is 2.37. The van der Waals surface area contributed by atoms with Crippen LogP contribution in [0.3, 0.4) is 0 Å². The highest BCUT2D eigenvalue weighted by molar-refractivity contribution is 8.00. The Morgan fingerprint density at radius 1 is 0.522 bits per heavy atom. The van der Waals surface area contributed by atoms with E-state index in [1.165, 1.54) is 4.90 Å². The van der Waals surface area contributed by atoms with Crippen LogP contribution in [0.25, 0.3) is 0 Å². The van der Waals surface area contributed by atoms with Gasteiger partial charge >= 0.3 is 39.3 Å². The van der Waals surface area contributed by atoms with E-state index < -0.39 is 120 Å². The van der Waals surface area contributed by atoms with Crippen LogP contribution in [0.5, 0.6) is 0 Å². The van der Waals surface area contributed by atoms with Crippen molar-refractivity contribution in [3.05, 3.63) is 65.6 Å². The summed E-state index contributed by atoms with van der Waals surface area (Å²) in [6, 6.07) is 0. The fourth-order valence-electron chi connectivity index (χ4n) is 4.06. The highest BCUT2D eigenvalue weighted by atomic mass is 32.2. The van der Waals surface area contributed by atoms with Crippen molar-refractivity contribution in [2.45, 2.75) is 0 Å². The molecule has 25 heteroatoms. The third-order valence-corrected chi connectivity index (χ3v) is 10.6. The topological polar surface area (TPSA) is 306 Å². The molecule has 0 aromatic heterocycles. The van der Waals surface area contributed by atoms with Crippen LogP contribution in [-0.4, -0.2) is 139 Å². The van der Waals surface area contributed by atoms with Gasteiger partial charge in [0.25, 0.3) is 0 Å². The van der Waals surface area contributed by atoms with E-state index in [1.54, 1.807) is 0 Å². The van der Waals surface area contributed by atoms with Gasteiger partial charge in [0.1, 0.15) is 19.8 Å². The van der Waals surface area contributed by atoms with Crippen molar-refractivity contribution in [2.24, 2.45) is 0 Å². The molecule has 0 saturated heterocycles. The van der Waals surface area contributed by atoms with E-state index in [9.17, 15) is 69.8 Å². The van der Waals surface area contributed by atoms with Crippen LogP contribution in [0.15, 0.2) is 65.6 Å². The van der Waals surface area contributed by atoms with Crippen molar-refractivity contribution in [3.8, 4) is 0 Å². The second-order valence-electron chi connectivity index (χ2n) is 9.27. The predicted molar refractivity (Wildman–Crippen MR) is 155 cm³/mol. The molecule has 3 heterocycles. The van der Waals surface area contributed by atoms with E-state index >= 15 is 0 Å². The van der Waals surface area contributed by atoms with Gasteiger partial charge in [-0.1, -0.05) is 0 Å². The fourth-order valence-corrected chi connectivity index (χ4v) is 7.82. The first-order valence-corrected chi connectivity index (χ1v) is 17.3. The van der Waals surface area contributed by atoms with Gasteiger partial charge in [-0.2, -0.15) is 0 Å². The lowest BCUT2D eigenvalue weighted by Crippen LogP contribution is -2.36. The second-order valence-corrected chi connectivity index (χ2v) is 14.6. The zero-order chi connectivity index (χ0) is 34.6. The minimum absolute atomic E-state index is 0.315. The van der Waals surface area contributed by atoms with E-state index in [4.69, 9.17) is 14.2 Å². The number of hydrogen-bond donors (Lipinski definition) is 6. The molecule has 0 saturated carbocycles. The van der Waals surface area contributed by atoms with Gasteiger partial charge in [0.2, 0.25) is 29.5 Å². The predicted octanol–water partition coefficient (Wildman–Crippen LogP) is -5.46. The van der Waals surface area contributed by atoms with E-state index in [2.05, 4.69) is 0 Å². The molecule has 248 valence electrons. The Morgan fingerprint density at radius 3 is 0.978 bits per heavy atom. The summed E-state index contributed by atoms with van der Waals surface area (Å²) in [5.74, 6) is -4.35. The summed E-state index contributed by atoms with van der Waals surface area (Å²) < 4.78 is 87.5. The SMILES string of the molecule is O=C(OCCN(CCOC(=O)C1=C(B(O)O)C=CS1(=O)=O)CCOC(=O)C1=C(B(O)O)C=CS1(=O)=O)C1=C(B(O)O)C=CS1(=O)=O. The Labute approximate surface area is 262 Å². The molecule has 3 rings (SSSR count). The van der Waals surface area contributed by atoms with Crippen LogP contribution >= 0.6 is 0 Å². The molecular formula is C21H24B3NO18S3. The summed E-state index contributed by atoms with van der Waals surface area (Å²) in [6.45, 7) is -2.73. The highest BCUT2D eigenvalue weighted by Crippen LogP contribution is 2.27. The summed E-state index contributed by atoms with van der Waals surface area (Å²) >= 11 is 0.